The minimum atomic E-state index is -0.834. The summed E-state index contributed by atoms with van der Waals surface area (Å²) in [5.74, 6) is -0.834. The van der Waals surface area contributed by atoms with Gasteiger partial charge in [-0.3, -0.25) is 0 Å². The van der Waals surface area contributed by atoms with Crippen molar-refractivity contribution in [1.29, 1.82) is 0 Å². The van der Waals surface area contributed by atoms with Gasteiger partial charge in [0.25, 0.3) is 5.97 Å². The van der Waals surface area contributed by atoms with E-state index in [1.807, 2.05) is 18.2 Å². The molecule has 1 aromatic carbocycles. The van der Waals surface area contributed by atoms with Crippen molar-refractivity contribution in [1.82, 2.24) is 0 Å². The van der Waals surface area contributed by atoms with Crippen molar-refractivity contribution in [2.75, 3.05) is 19.8 Å². The summed E-state index contributed by atoms with van der Waals surface area (Å²) in [5, 5.41) is 0. The molecular weight excluding hydrogens is 204 g/mol. The summed E-state index contributed by atoms with van der Waals surface area (Å²) < 4.78 is 17.2. The largest absolute Gasteiger partial charge is 0.326 e. The Morgan fingerprint density at radius 1 is 1.00 bits per heavy atom. The van der Waals surface area contributed by atoms with E-state index >= 15 is 0 Å². The first-order valence-corrected chi connectivity index (χ1v) is 5.66. The van der Waals surface area contributed by atoms with Gasteiger partial charge >= 0.3 is 0 Å². The second kappa shape index (κ2) is 3.55. The van der Waals surface area contributed by atoms with Crippen LogP contribution in [0.5, 0.6) is 0 Å². The molecular formula is C13H16O3. The van der Waals surface area contributed by atoms with Crippen molar-refractivity contribution >= 4 is 0 Å². The van der Waals surface area contributed by atoms with E-state index in [0.29, 0.717) is 6.42 Å². The zero-order chi connectivity index (χ0) is 11.1. The van der Waals surface area contributed by atoms with E-state index in [1.54, 1.807) is 0 Å². The number of rotatable bonds is 2. The lowest BCUT2D eigenvalue weighted by molar-refractivity contribution is -0.464. The van der Waals surface area contributed by atoms with Gasteiger partial charge in [-0.15, -0.1) is 0 Å². The highest BCUT2D eigenvalue weighted by atomic mass is 16.9. The van der Waals surface area contributed by atoms with E-state index in [1.165, 1.54) is 5.56 Å². The average molecular weight is 220 g/mol. The first-order chi connectivity index (χ1) is 7.70. The number of hydrogen-bond acceptors (Lipinski definition) is 3. The van der Waals surface area contributed by atoms with Crippen LogP contribution in [-0.4, -0.2) is 25.8 Å². The molecule has 2 bridgehead atoms. The van der Waals surface area contributed by atoms with Gasteiger partial charge in [-0.05, 0) is 5.56 Å². The van der Waals surface area contributed by atoms with E-state index in [-0.39, 0.29) is 5.41 Å². The molecule has 0 atom stereocenters. The molecule has 0 amide bonds. The number of ether oxygens (including phenoxy) is 3. The smallest absolute Gasteiger partial charge is 0.287 e. The van der Waals surface area contributed by atoms with Gasteiger partial charge in [-0.2, -0.15) is 0 Å². The standard InChI is InChI=1S/C13H16O3/c1-12-8-14-13(15-9-12,16-10-12)7-11-5-3-2-4-6-11/h2-6H,7-10H2,1H3. The molecule has 1 aromatic rings. The Hall–Kier alpha value is -0.900. The predicted octanol–water partition coefficient (Wildman–Crippen LogP) is 1.97. The minimum Gasteiger partial charge on any atom is -0.326 e. The molecule has 0 aliphatic carbocycles. The summed E-state index contributed by atoms with van der Waals surface area (Å²) in [7, 11) is 0. The molecule has 3 fully saturated rings. The van der Waals surface area contributed by atoms with Gasteiger partial charge in [-0.25, -0.2) is 0 Å². The van der Waals surface area contributed by atoms with Crippen LogP contribution in [0.3, 0.4) is 0 Å². The Labute approximate surface area is 95.3 Å². The van der Waals surface area contributed by atoms with Crippen LogP contribution in [0.1, 0.15) is 12.5 Å². The maximum absolute atomic E-state index is 5.73. The van der Waals surface area contributed by atoms with Gasteiger partial charge < -0.3 is 14.2 Å². The third-order valence-corrected chi connectivity index (χ3v) is 3.19. The molecule has 16 heavy (non-hydrogen) atoms. The van der Waals surface area contributed by atoms with Crippen molar-refractivity contribution in [3.8, 4) is 0 Å². The number of hydrogen-bond donors (Lipinski definition) is 0. The molecule has 3 saturated heterocycles. The van der Waals surface area contributed by atoms with Crippen molar-refractivity contribution < 1.29 is 14.2 Å². The zero-order valence-corrected chi connectivity index (χ0v) is 9.44. The predicted molar refractivity (Wildman–Crippen MR) is 58.8 cm³/mol. The number of fused-ring (bicyclic) bond motifs is 3. The second-order valence-corrected chi connectivity index (χ2v) is 5.02. The zero-order valence-electron chi connectivity index (χ0n) is 9.44. The molecule has 0 saturated carbocycles. The highest BCUT2D eigenvalue weighted by Gasteiger charge is 2.50. The summed E-state index contributed by atoms with van der Waals surface area (Å²) in [6.45, 7) is 4.29. The lowest BCUT2D eigenvalue weighted by atomic mass is 9.91. The van der Waals surface area contributed by atoms with E-state index in [9.17, 15) is 0 Å². The highest BCUT2D eigenvalue weighted by molar-refractivity contribution is 5.16. The Kier molecular flexibility index (Phi) is 2.28. The molecule has 3 nitrogen and oxygen atoms in total. The van der Waals surface area contributed by atoms with Crippen LogP contribution < -0.4 is 0 Å². The van der Waals surface area contributed by atoms with Crippen LogP contribution in [-0.2, 0) is 20.6 Å². The average Bonchev–Trinajstić information content (AvgIpc) is 2.33. The van der Waals surface area contributed by atoms with Gasteiger partial charge in [-0.1, -0.05) is 37.3 Å². The SMILES string of the molecule is CC12COC(Cc3ccccc3)(OC1)OC2. The summed E-state index contributed by atoms with van der Waals surface area (Å²) in [4.78, 5) is 0. The molecule has 3 heteroatoms. The Bertz CT molecular complexity index is 349. The topological polar surface area (TPSA) is 27.7 Å². The molecule has 0 aromatic heterocycles. The van der Waals surface area contributed by atoms with E-state index in [4.69, 9.17) is 14.2 Å². The highest BCUT2D eigenvalue weighted by Crippen LogP contribution is 2.39. The lowest BCUT2D eigenvalue weighted by Crippen LogP contribution is -2.59. The maximum Gasteiger partial charge on any atom is 0.287 e. The molecule has 0 radical (unpaired) electrons. The number of benzene rings is 1. The molecule has 0 unspecified atom stereocenters. The van der Waals surface area contributed by atoms with E-state index in [0.717, 1.165) is 19.8 Å². The van der Waals surface area contributed by atoms with Crippen molar-refractivity contribution in [2.45, 2.75) is 19.3 Å². The van der Waals surface area contributed by atoms with Gasteiger partial charge in [0.1, 0.15) is 0 Å². The van der Waals surface area contributed by atoms with Gasteiger partial charge in [0.05, 0.1) is 26.2 Å². The van der Waals surface area contributed by atoms with E-state index < -0.39 is 5.97 Å². The molecule has 3 aliphatic heterocycles. The molecule has 86 valence electrons. The third-order valence-electron chi connectivity index (χ3n) is 3.19. The molecule has 3 aliphatic rings. The van der Waals surface area contributed by atoms with Crippen molar-refractivity contribution in [3.63, 3.8) is 0 Å². The van der Waals surface area contributed by atoms with Crippen LogP contribution >= 0.6 is 0 Å². The maximum atomic E-state index is 5.73. The van der Waals surface area contributed by atoms with Crippen LogP contribution in [0.15, 0.2) is 30.3 Å². The van der Waals surface area contributed by atoms with Gasteiger partial charge in [0.2, 0.25) is 0 Å². The summed E-state index contributed by atoms with van der Waals surface area (Å²) >= 11 is 0. The lowest BCUT2D eigenvalue weighted by Gasteiger charge is -2.50. The summed E-state index contributed by atoms with van der Waals surface area (Å²) in [6.07, 6.45) is 0.657. The molecule has 0 spiro atoms. The van der Waals surface area contributed by atoms with Crippen molar-refractivity contribution in [2.24, 2.45) is 5.41 Å². The van der Waals surface area contributed by atoms with E-state index in [2.05, 4.69) is 19.1 Å². The van der Waals surface area contributed by atoms with Crippen LogP contribution in [0.2, 0.25) is 0 Å². The van der Waals surface area contributed by atoms with Gasteiger partial charge in [0, 0.05) is 5.41 Å². The fourth-order valence-electron chi connectivity index (χ4n) is 2.10. The van der Waals surface area contributed by atoms with Crippen molar-refractivity contribution in [3.05, 3.63) is 35.9 Å². The quantitative estimate of drug-likeness (QED) is 0.762. The molecule has 0 N–H and O–H groups in total. The summed E-state index contributed by atoms with van der Waals surface area (Å²) in [6, 6.07) is 10.2. The monoisotopic (exact) mass is 220 g/mol. The third kappa shape index (κ3) is 1.75. The normalized spacial score (nSPS) is 37.6. The molecule has 3 heterocycles. The Balaban J connectivity index is 1.76. The fourth-order valence-corrected chi connectivity index (χ4v) is 2.10. The summed E-state index contributed by atoms with van der Waals surface area (Å²) in [5.41, 5.74) is 1.21. The minimum absolute atomic E-state index is 0.0401. The first-order valence-electron chi connectivity index (χ1n) is 5.66. The van der Waals surface area contributed by atoms with Crippen LogP contribution in [0.4, 0.5) is 0 Å². The van der Waals surface area contributed by atoms with Crippen LogP contribution in [0, 0.1) is 5.41 Å². The van der Waals surface area contributed by atoms with Crippen LogP contribution in [0.25, 0.3) is 0 Å². The first kappa shape index (κ1) is 10.3. The second-order valence-electron chi connectivity index (χ2n) is 5.02. The fraction of sp³-hybridized carbons (Fsp3) is 0.538. The Morgan fingerprint density at radius 3 is 2.12 bits per heavy atom. The Morgan fingerprint density at radius 2 is 1.56 bits per heavy atom. The van der Waals surface area contributed by atoms with Gasteiger partial charge in [0.15, 0.2) is 0 Å². The molecule has 4 rings (SSSR count).